The van der Waals surface area contributed by atoms with Gasteiger partial charge < -0.3 is 10.1 Å². The fourth-order valence-electron chi connectivity index (χ4n) is 2.50. The Morgan fingerprint density at radius 2 is 2.09 bits per heavy atom. The second kappa shape index (κ2) is 7.43. The maximum absolute atomic E-state index is 12.1. The lowest BCUT2D eigenvalue weighted by Crippen LogP contribution is -2.32. The summed E-state index contributed by atoms with van der Waals surface area (Å²) < 4.78 is 5.46. The van der Waals surface area contributed by atoms with Gasteiger partial charge >= 0.3 is 0 Å². The molecule has 0 unspecified atom stereocenters. The van der Waals surface area contributed by atoms with Crippen LogP contribution in [-0.2, 0) is 14.9 Å². The number of amides is 1. The van der Waals surface area contributed by atoms with Gasteiger partial charge in [0.25, 0.3) is 5.91 Å². The second-order valence-electron chi connectivity index (χ2n) is 6.89. The van der Waals surface area contributed by atoms with E-state index in [-0.39, 0.29) is 23.0 Å². The molecule has 0 spiro atoms. The highest BCUT2D eigenvalue weighted by Gasteiger charge is 2.18. The van der Waals surface area contributed by atoms with Crippen molar-refractivity contribution in [3.05, 3.63) is 41.0 Å². The summed E-state index contributed by atoms with van der Waals surface area (Å²) in [6.45, 7) is 7.66. The maximum atomic E-state index is 12.1. The third-order valence-corrected chi connectivity index (χ3v) is 3.97. The van der Waals surface area contributed by atoms with E-state index in [0.29, 0.717) is 6.54 Å². The highest BCUT2D eigenvalue weighted by atomic mass is 16.5. The normalized spacial score (nSPS) is 18.5. The third kappa shape index (κ3) is 4.94. The number of benzene rings is 1. The Hall–Kier alpha value is -2.12. The van der Waals surface area contributed by atoms with Gasteiger partial charge in [-0.1, -0.05) is 45.0 Å². The number of carbonyl (C=O) groups excluding carboxylic acids is 1. The van der Waals surface area contributed by atoms with E-state index < -0.39 is 0 Å². The number of carbonyl (C=O) groups is 1. The first-order valence-corrected chi connectivity index (χ1v) is 8.02. The van der Waals surface area contributed by atoms with Crippen molar-refractivity contribution >= 4 is 12.0 Å². The number of ether oxygens (including phenoxy) is 1. The zero-order chi connectivity index (χ0) is 16.9. The molecule has 0 radical (unpaired) electrons. The van der Waals surface area contributed by atoms with E-state index in [0.717, 1.165) is 25.0 Å². The van der Waals surface area contributed by atoms with Crippen LogP contribution < -0.4 is 5.32 Å². The highest BCUT2D eigenvalue weighted by molar-refractivity contribution is 6.01. The van der Waals surface area contributed by atoms with E-state index in [1.165, 1.54) is 5.56 Å². The molecule has 1 fully saturated rings. The average Bonchev–Trinajstić information content (AvgIpc) is 3.03. The van der Waals surface area contributed by atoms with E-state index in [9.17, 15) is 10.1 Å². The summed E-state index contributed by atoms with van der Waals surface area (Å²) in [4.78, 5) is 12.1. The lowest BCUT2D eigenvalue weighted by molar-refractivity contribution is -0.117. The summed E-state index contributed by atoms with van der Waals surface area (Å²) in [5.74, 6) is -0.345. The van der Waals surface area contributed by atoms with Gasteiger partial charge in [0.05, 0.1) is 6.10 Å². The van der Waals surface area contributed by atoms with Crippen LogP contribution in [-0.4, -0.2) is 25.2 Å². The highest BCUT2D eigenvalue weighted by Crippen LogP contribution is 2.22. The van der Waals surface area contributed by atoms with E-state index in [2.05, 4.69) is 26.1 Å². The second-order valence-corrected chi connectivity index (χ2v) is 6.89. The van der Waals surface area contributed by atoms with Crippen molar-refractivity contribution in [1.29, 1.82) is 5.26 Å². The predicted octanol–water partition coefficient (Wildman–Crippen LogP) is 3.19. The van der Waals surface area contributed by atoms with Crippen LogP contribution in [0.2, 0.25) is 0 Å². The fraction of sp³-hybridized carbons (Fsp3) is 0.474. The van der Waals surface area contributed by atoms with Crippen molar-refractivity contribution in [1.82, 2.24) is 5.32 Å². The van der Waals surface area contributed by atoms with Crippen LogP contribution in [0.5, 0.6) is 0 Å². The van der Waals surface area contributed by atoms with Gasteiger partial charge in [-0.25, -0.2) is 0 Å². The zero-order valence-electron chi connectivity index (χ0n) is 14.1. The summed E-state index contributed by atoms with van der Waals surface area (Å²) in [6, 6.07) is 9.92. The Bertz CT molecular complexity index is 612. The van der Waals surface area contributed by atoms with Crippen LogP contribution in [0.3, 0.4) is 0 Å². The van der Waals surface area contributed by atoms with E-state index in [1.807, 2.05) is 30.3 Å². The Morgan fingerprint density at radius 1 is 1.39 bits per heavy atom. The van der Waals surface area contributed by atoms with Crippen molar-refractivity contribution < 1.29 is 9.53 Å². The molecular formula is C19H24N2O2. The van der Waals surface area contributed by atoms with Crippen molar-refractivity contribution in [2.75, 3.05) is 13.2 Å². The number of nitriles is 1. The largest absolute Gasteiger partial charge is 0.376 e. The first-order chi connectivity index (χ1) is 10.9. The molecule has 1 aliphatic rings. The molecule has 1 aliphatic heterocycles. The Kier molecular flexibility index (Phi) is 5.57. The quantitative estimate of drug-likeness (QED) is 0.686. The molecule has 1 N–H and O–H groups in total. The van der Waals surface area contributed by atoms with E-state index >= 15 is 0 Å². The van der Waals surface area contributed by atoms with Crippen LogP contribution in [0, 0.1) is 11.3 Å². The molecule has 1 amide bonds. The Balaban J connectivity index is 2.02. The van der Waals surface area contributed by atoms with Gasteiger partial charge in [0.2, 0.25) is 0 Å². The SMILES string of the molecule is CC(C)(C)c1ccc(/C=C(/C#N)C(=O)NC[C@@H]2CCCO2)cc1. The van der Waals surface area contributed by atoms with E-state index in [4.69, 9.17) is 4.74 Å². The molecule has 0 aliphatic carbocycles. The van der Waals surface area contributed by atoms with Gasteiger partial charge in [-0.2, -0.15) is 5.26 Å². The molecular weight excluding hydrogens is 288 g/mol. The molecule has 4 heteroatoms. The lowest BCUT2D eigenvalue weighted by Gasteiger charge is -2.18. The van der Waals surface area contributed by atoms with Crippen molar-refractivity contribution in [2.45, 2.75) is 45.1 Å². The average molecular weight is 312 g/mol. The molecule has 4 nitrogen and oxygen atoms in total. The molecule has 0 aromatic heterocycles. The molecule has 1 aromatic rings. The standard InChI is InChI=1S/C19H24N2O2/c1-19(2,3)16-8-6-14(7-9-16)11-15(12-20)18(22)21-13-17-5-4-10-23-17/h6-9,11,17H,4-5,10,13H2,1-3H3,(H,21,22)/b15-11-/t17-/m0/s1. The first-order valence-electron chi connectivity index (χ1n) is 8.02. The molecule has 1 saturated heterocycles. The summed E-state index contributed by atoms with van der Waals surface area (Å²) in [6.07, 6.45) is 3.68. The van der Waals surface area contributed by atoms with Crippen molar-refractivity contribution in [3.8, 4) is 6.07 Å². The van der Waals surface area contributed by atoms with Gasteiger partial charge in [-0.3, -0.25) is 4.79 Å². The summed E-state index contributed by atoms with van der Waals surface area (Å²) in [5.41, 5.74) is 2.27. The molecule has 1 heterocycles. The predicted molar refractivity (Wildman–Crippen MR) is 90.7 cm³/mol. The maximum Gasteiger partial charge on any atom is 0.262 e. The van der Waals surface area contributed by atoms with Gasteiger partial charge in [0, 0.05) is 13.2 Å². The molecule has 23 heavy (non-hydrogen) atoms. The monoisotopic (exact) mass is 312 g/mol. The Labute approximate surface area is 138 Å². The summed E-state index contributed by atoms with van der Waals surface area (Å²) in [5, 5.41) is 12.0. The first kappa shape index (κ1) is 17.2. The van der Waals surface area contributed by atoms with Crippen LogP contribution in [0.4, 0.5) is 0 Å². The molecule has 0 saturated carbocycles. The van der Waals surface area contributed by atoms with Gasteiger partial charge in [0.1, 0.15) is 11.6 Å². The molecule has 1 aromatic carbocycles. The number of nitrogens with zero attached hydrogens (tertiary/aromatic N) is 1. The van der Waals surface area contributed by atoms with Crippen LogP contribution >= 0.6 is 0 Å². The van der Waals surface area contributed by atoms with Crippen LogP contribution in [0.1, 0.15) is 44.7 Å². The molecule has 1 atom stereocenters. The number of rotatable bonds is 4. The molecule has 2 rings (SSSR count). The van der Waals surface area contributed by atoms with E-state index in [1.54, 1.807) is 6.08 Å². The minimum absolute atomic E-state index is 0.0740. The minimum Gasteiger partial charge on any atom is -0.376 e. The summed E-state index contributed by atoms with van der Waals surface area (Å²) in [7, 11) is 0. The number of nitrogens with one attached hydrogen (secondary N) is 1. The fourth-order valence-corrected chi connectivity index (χ4v) is 2.50. The molecule has 122 valence electrons. The smallest absolute Gasteiger partial charge is 0.262 e. The third-order valence-electron chi connectivity index (χ3n) is 3.97. The zero-order valence-corrected chi connectivity index (χ0v) is 14.1. The van der Waals surface area contributed by atoms with Gasteiger partial charge in [0.15, 0.2) is 0 Å². The minimum atomic E-state index is -0.345. The van der Waals surface area contributed by atoms with Crippen molar-refractivity contribution in [3.63, 3.8) is 0 Å². The molecule has 0 bridgehead atoms. The number of hydrogen-bond donors (Lipinski definition) is 1. The van der Waals surface area contributed by atoms with Gasteiger partial charge in [-0.05, 0) is 35.5 Å². The lowest BCUT2D eigenvalue weighted by atomic mass is 9.86. The van der Waals surface area contributed by atoms with Gasteiger partial charge in [-0.15, -0.1) is 0 Å². The van der Waals surface area contributed by atoms with Crippen LogP contribution in [0.25, 0.3) is 6.08 Å². The number of hydrogen-bond acceptors (Lipinski definition) is 3. The van der Waals surface area contributed by atoms with Crippen molar-refractivity contribution in [2.24, 2.45) is 0 Å². The Morgan fingerprint density at radius 3 is 2.61 bits per heavy atom. The topological polar surface area (TPSA) is 62.1 Å². The van der Waals surface area contributed by atoms with Crippen LogP contribution in [0.15, 0.2) is 29.8 Å². The summed E-state index contributed by atoms with van der Waals surface area (Å²) >= 11 is 0.